The summed E-state index contributed by atoms with van der Waals surface area (Å²) in [6.45, 7) is 0. The highest BCUT2D eigenvalue weighted by atomic mass is 79.9. The number of hydrogen-bond acceptors (Lipinski definition) is 2. The van der Waals surface area contributed by atoms with E-state index in [0.29, 0.717) is 19.3 Å². The van der Waals surface area contributed by atoms with Gasteiger partial charge in [0, 0.05) is 23.0 Å². The SMILES string of the molecule is O=C1Cc2cc(Br)ccc2N2C(=O)CC[C@@H]12. The molecule has 3 nitrogen and oxygen atoms in total. The van der Waals surface area contributed by atoms with Gasteiger partial charge in [0.2, 0.25) is 5.91 Å². The zero-order chi connectivity index (χ0) is 11.3. The van der Waals surface area contributed by atoms with E-state index < -0.39 is 0 Å². The monoisotopic (exact) mass is 279 g/mol. The molecule has 1 amide bonds. The molecule has 0 unspecified atom stereocenters. The summed E-state index contributed by atoms with van der Waals surface area (Å²) < 4.78 is 0.948. The van der Waals surface area contributed by atoms with E-state index in [4.69, 9.17) is 0 Å². The predicted molar refractivity (Wildman–Crippen MR) is 63.4 cm³/mol. The number of Topliss-reactive ketones (excluding diaryl/α,β-unsaturated/α-hetero) is 1. The van der Waals surface area contributed by atoms with Crippen LogP contribution in [0.15, 0.2) is 22.7 Å². The highest BCUT2D eigenvalue weighted by Gasteiger charge is 2.41. The molecule has 1 aromatic rings. The fraction of sp³-hybridized carbons (Fsp3) is 0.333. The molecule has 2 aliphatic rings. The minimum atomic E-state index is -0.207. The number of anilines is 1. The van der Waals surface area contributed by atoms with E-state index in [-0.39, 0.29) is 17.7 Å². The van der Waals surface area contributed by atoms with Crippen molar-refractivity contribution in [2.45, 2.75) is 25.3 Å². The van der Waals surface area contributed by atoms with E-state index in [1.165, 1.54) is 0 Å². The van der Waals surface area contributed by atoms with E-state index in [1.54, 1.807) is 4.90 Å². The third-order valence-corrected chi connectivity index (χ3v) is 3.74. The smallest absolute Gasteiger partial charge is 0.227 e. The number of benzene rings is 1. The molecular weight excluding hydrogens is 270 g/mol. The van der Waals surface area contributed by atoms with Crippen LogP contribution >= 0.6 is 15.9 Å². The molecule has 1 fully saturated rings. The molecule has 3 rings (SSSR count). The Morgan fingerprint density at radius 1 is 1.31 bits per heavy atom. The summed E-state index contributed by atoms with van der Waals surface area (Å²) in [6.07, 6.45) is 1.61. The van der Waals surface area contributed by atoms with E-state index in [2.05, 4.69) is 15.9 Å². The Bertz CT molecular complexity index is 498. The fourth-order valence-corrected chi connectivity index (χ4v) is 2.94. The maximum atomic E-state index is 11.9. The highest BCUT2D eigenvalue weighted by Crippen LogP contribution is 2.36. The van der Waals surface area contributed by atoms with Crippen molar-refractivity contribution in [2.75, 3.05) is 4.90 Å². The van der Waals surface area contributed by atoms with Crippen molar-refractivity contribution in [2.24, 2.45) is 0 Å². The zero-order valence-corrected chi connectivity index (χ0v) is 10.2. The van der Waals surface area contributed by atoms with Crippen LogP contribution in [0.5, 0.6) is 0 Å². The number of fused-ring (bicyclic) bond motifs is 3. The van der Waals surface area contributed by atoms with Gasteiger partial charge in [-0.05, 0) is 30.2 Å². The fourth-order valence-electron chi connectivity index (χ4n) is 2.53. The number of hydrogen-bond donors (Lipinski definition) is 0. The largest absolute Gasteiger partial charge is 0.302 e. The average Bonchev–Trinajstić information content (AvgIpc) is 2.61. The average molecular weight is 280 g/mol. The van der Waals surface area contributed by atoms with Crippen molar-refractivity contribution in [3.05, 3.63) is 28.2 Å². The molecule has 1 saturated heterocycles. The third-order valence-electron chi connectivity index (χ3n) is 3.25. The van der Waals surface area contributed by atoms with Crippen LogP contribution in [-0.2, 0) is 16.0 Å². The number of ketones is 1. The predicted octanol–water partition coefficient (Wildman–Crippen LogP) is 2.07. The molecule has 2 heterocycles. The second-order valence-electron chi connectivity index (χ2n) is 4.23. The lowest BCUT2D eigenvalue weighted by Crippen LogP contribution is -2.43. The molecule has 1 aromatic carbocycles. The van der Waals surface area contributed by atoms with Gasteiger partial charge in [-0.25, -0.2) is 0 Å². The summed E-state index contributed by atoms with van der Waals surface area (Å²) in [5.41, 5.74) is 1.86. The molecular formula is C12H10BrNO2. The third kappa shape index (κ3) is 1.33. The first-order chi connectivity index (χ1) is 7.66. The Hall–Kier alpha value is -1.16. The Balaban J connectivity index is 2.16. The number of amides is 1. The topological polar surface area (TPSA) is 37.4 Å². The van der Waals surface area contributed by atoms with Gasteiger partial charge in [-0.3, -0.25) is 9.59 Å². The van der Waals surface area contributed by atoms with Gasteiger partial charge in [0.15, 0.2) is 5.78 Å². The summed E-state index contributed by atoms with van der Waals surface area (Å²) in [5.74, 6) is 0.234. The maximum absolute atomic E-state index is 11.9. The van der Waals surface area contributed by atoms with E-state index in [9.17, 15) is 9.59 Å². The van der Waals surface area contributed by atoms with Gasteiger partial charge in [0.25, 0.3) is 0 Å². The molecule has 0 bridgehead atoms. The first-order valence-corrected chi connectivity index (χ1v) is 6.09. The lowest BCUT2D eigenvalue weighted by molar-refractivity contribution is -0.122. The van der Waals surface area contributed by atoms with Crippen LogP contribution in [0.2, 0.25) is 0 Å². The zero-order valence-electron chi connectivity index (χ0n) is 8.57. The molecule has 0 N–H and O–H groups in total. The van der Waals surface area contributed by atoms with Crippen molar-refractivity contribution in [3.63, 3.8) is 0 Å². The maximum Gasteiger partial charge on any atom is 0.227 e. The summed E-state index contributed by atoms with van der Waals surface area (Å²) in [6, 6.07) is 5.55. The van der Waals surface area contributed by atoms with Crippen LogP contribution in [0.25, 0.3) is 0 Å². The first-order valence-electron chi connectivity index (χ1n) is 5.30. The van der Waals surface area contributed by atoms with Crippen molar-refractivity contribution in [1.29, 1.82) is 0 Å². The quantitative estimate of drug-likeness (QED) is 0.729. The molecule has 0 spiro atoms. The van der Waals surface area contributed by atoms with E-state index in [0.717, 1.165) is 15.7 Å². The first kappa shape index (κ1) is 10.0. The molecule has 0 aromatic heterocycles. The Labute approximate surface area is 102 Å². The lowest BCUT2D eigenvalue weighted by Gasteiger charge is -2.30. The van der Waals surface area contributed by atoms with Crippen molar-refractivity contribution >= 4 is 33.3 Å². The van der Waals surface area contributed by atoms with Gasteiger partial charge in [-0.2, -0.15) is 0 Å². The normalized spacial score (nSPS) is 23.3. The van der Waals surface area contributed by atoms with Gasteiger partial charge in [-0.15, -0.1) is 0 Å². The molecule has 1 atom stereocenters. The van der Waals surface area contributed by atoms with Crippen molar-refractivity contribution in [3.8, 4) is 0 Å². The number of carbonyl (C=O) groups is 2. The van der Waals surface area contributed by atoms with Crippen LogP contribution in [0, 0.1) is 0 Å². The highest BCUT2D eigenvalue weighted by molar-refractivity contribution is 9.10. The van der Waals surface area contributed by atoms with Crippen LogP contribution in [0.1, 0.15) is 18.4 Å². The molecule has 82 valence electrons. The summed E-state index contributed by atoms with van der Waals surface area (Å²) in [7, 11) is 0. The molecule has 16 heavy (non-hydrogen) atoms. The van der Waals surface area contributed by atoms with Crippen molar-refractivity contribution < 1.29 is 9.59 Å². The lowest BCUT2D eigenvalue weighted by atomic mass is 9.95. The van der Waals surface area contributed by atoms with Gasteiger partial charge >= 0.3 is 0 Å². The number of rotatable bonds is 0. The summed E-state index contributed by atoms with van der Waals surface area (Å²) >= 11 is 3.38. The van der Waals surface area contributed by atoms with Gasteiger partial charge in [-0.1, -0.05) is 15.9 Å². The summed E-state index contributed by atoms with van der Waals surface area (Å²) in [5, 5.41) is 0. The molecule has 0 radical (unpaired) electrons. The second kappa shape index (κ2) is 3.42. The summed E-state index contributed by atoms with van der Waals surface area (Å²) in [4.78, 5) is 25.3. The molecule has 4 heteroatoms. The van der Waals surface area contributed by atoms with Crippen LogP contribution < -0.4 is 4.90 Å². The van der Waals surface area contributed by atoms with E-state index >= 15 is 0 Å². The standard InChI is InChI=1S/C12H10BrNO2/c13-8-1-2-9-7(5-8)6-11(15)10-3-4-12(16)14(9)10/h1-2,5,10H,3-4,6H2/t10-/m0/s1. The number of carbonyl (C=O) groups excluding carboxylic acids is 2. The minimum absolute atomic E-state index is 0.0709. The molecule has 0 saturated carbocycles. The number of halogens is 1. The van der Waals surface area contributed by atoms with Gasteiger partial charge in [0.05, 0.1) is 6.04 Å². The minimum Gasteiger partial charge on any atom is -0.302 e. The Morgan fingerprint density at radius 3 is 2.94 bits per heavy atom. The van der Waals surface area contributed by atoms with E-state index in [1.807, 2.05) is 18.2 Å². The van der Waals surface area contributed by atoms with Crippen LogP contribution in [0.4, 0.5) is 5.69 Å². The molecule has 2 aliphatic heterocycles. The Kier molecular flexibility index (Phi) is 2.14. The van der Waals surface area contributed by atoms with Crippen LogP contribution in [-0.4, -0.2) is 17.7 Å². The van der Waals surface area contributed by atoms with Gasteiger partial charge < -0.3 is 4.90 Å². The van der Waals surface area contributed by atoms with Crippen LogP contribution in [0.3, 0.4) is 0 Å². The van der Waals surface area contributed by atoms with Crippen molar-refractivity contribution in [1.82, 2.24) is 0 Å². The number of nitrogens with zero attached hydrogens (tertiary/aromatic N) is 1. The van der Waals surface area contributed by atoms with Gasteiger partial charge in [0.1, 0.15) is 0 Å². The molecule has 0 aliphatic carbocycles. The Morgan fingerprint density at radius 2 is 2.12 bits per heavy atom. The second-order valence-corrected chi connectivity index (χ2v) is 5.15.